The van der Waals surface area contributed by atoms with E-state index in [0.29, 0.717) is 0 Å². The van der Waals surface area contributed by atoms with Gasteiger partial charge in [0.25, 0.3) is 0 Å². The molecule has 0 fully saturated rings. The van der Waals surface area contributed by atoms with Crippen molar-refractivity contribution in [1.29, 1.82) is 0 Å². The summed E-state index contributed by atoms with van der Waals surface area (Å²) in [4.78, 5) is 7.81. The van der Waals surface area contributed by atoms with Crippen molar-refractivity contribution in [2.75, 3.05) is 4.90 Å². The molecule has 3 nitrogen and oxygen atoms in total. The van der Waals surface area contributed by atoms with E-state index in [4.69, 9.17) is 9.40 Å². The quantitative estimate of drug-likeness (QED) is 0.164. The Kier molecular flexibility index (Phi) is 7.45. The summed E-state index contributed by atoms with van der Waals surface area (Å²) >= 11 is 0. The number of rotatable bonds is 5. The van der Waals surface area contributed by atoms with Gasteiger partial charge in [0.15, 0.2) is 0 Å². The van der Waals surface area contributed by atoms with E-state index < -0.39 is 5.41 Å². The molecule has 2 aromatic heterocycles. The fourth-order valence-corrected chi connectivity index (χ4v) is 9.84. The maximum absolute atomic E-state index is 7.02. The minimum atomic E-state index is -0.646. The van der Waals surface area contributed by atoms with Gasteiger partial charge in [-0.2, -0.15) is 0 Å². The first kappa shape index (κ1) is 33.4. The summed E-state index contributed by atoms with van der Waals surface area (Å²) in [5.74, 6) is 0. The lowest BCUT2D eigenvalue weighted by Gasteiger charge is -2.46. The van der Waals surface area contributed by atoms with Crippen LogP contribution < -0.4 is 4.90 Å². The highest BCUT2D eigenvalue weighted by atomic mass is 16.3. The molecule has 0 atom stereocenters. The van der Waals surface area contributed by atoms with Crippen molar-refractivity contribution in [1.82, 2.24) is 4.98 Å². The number of benzene rings is 9. The number of nitrogens with zero attached hydrogens (tertiary/aromatic N) is 2. The van der Waals surface area contributed by atoms with Gasteiger partial charge in [0.05, 0.1) is 28.0 Å². The number of hydrogen-bond acceptors (Lipinski definition) is 3. The van der Waals surface area contributed by atoms with E-state index in [1.807, 2.05) is 0 Å². The third-order valence-corrected chi connectivity index (χ3v) is 12.3. The van der Waals surface area contributed by atoms with Crippen LogP contribution in [0.15, 0.2) is 223 Å². The van der Waals surface area contributed by atoms with Gasteiger partial charge in [-0.1, -0.05) is 170 Å². The molecule has 12 rings (SSSR count). The number of hydrogen-bond donors (Lipinski definition) is 0. The standard InChI is InChI=1S/C56H36N2O/c1-5-19-37(20-6-1)54-45-36-44(55-53(43-28-14-18-32-51(43)59-55)52(45)42-27-13-16-30-48(42)57-54)38-33-34-50-47(35-38)56(39-21-7-2-8-22-39,40-23-9-3-10-24-40)46-29-15-17-31-49(46)58(50)41-25-11-4-12-26-41/h1-36H. The summed E-state index contributed by atoms with van der Waals surface area (Å²) in [5, 5.41) is 5.56. The van der Waals surface area contributed by atoms with Crippen LogP contribution in [0.5, 0.6) is 0 Å². The third kappa shape index (κ3) is 4.92. The van der Waals surface area contributed by atoms with Crippen molar-refractivity contribution >= 4 is 60.7 Å². The SMILES string of the molecule is c1ccc(-c2nc3ccccc3c3c2cc(-c2ccc4c(c2)C(c2ccccc2)(c2ccccc2)c2ccccc2N4c2ccccc2)c2oc4ccccc4c23)cc1. The highest BCUT2D eigenvalue weighted by Crippen LogP contribution is 2.58. The Morgan fingerprint density at radius 2 is 1.02 bits per heavy atom. The molecule has 11 aromatic rings. The molecule has 3 heterocycles. The summed E-state index contributed by atoms with van der Waals surface area (Å²) in [5.41, 5.74) is 14.4. The molecule has 0 spiro atoms. The van der Waals surface area contributed by atoms with E-state index in [1.54, 1.807) is 0 Å². The van der Waals surface area contributed by atoms with Gasteiger partial charge in [-0.15, -0.1) is 0 Å². The zero-order valence-electron chi connectivity index (χ0n) is 32.1. The van der Waals surface area contributed by atoms with Crippen LogP contribution in [0.2, 0.25) is 0 Å². The van der Waals surface area contributed by atoms with Crippen LogP contribution in [0, 0.1) is 0 Å². The highest BCUT2D eigenvalue weighted by Gasteiger charge is 2.46. The van der Waals surface area contributed by atoms with Crippen molar-refractivity contribution < 1.29 is 4.42 Å². The van der Waals surface area contributed by atoms with E-state index in [2.05, 4.69) is 223 Å². The molecule has 0 saturated heterocycles. The second-order valence-electron chi connectivity index (χ2n) is 15.4. The van der Waals surface area contributed by atoms with E-state index in [1.165, 1.54) is 22.3 Å². The van der Waals surface area contributed by atoms with Crippen molar-refractivity contribution in [3.05, 3.63) is 241 Å². The Morgan fingerprint density at radius 1 is 0.424 bits per heavy atom. The van der Waals surface area contributed by atoms with Gasteiger partial charge >= 0.3 is 0 Å². The van der Waals surface area contributed by atoms with Gasteiger partial charge in [0.2, 0.25) is 0 Å². The predicted molar refractivity (Wildman–Crippen MR) is 244 cm³/mol. The zero-order valence-corrected chi connectivity index (χ0v) is 32.1. The molecule has 0 radical (unpaired) electrons. The highest BCUT2D eigenvalue weighted by molar-refractivity contribution is 6.30. The zero-order chi connectivity index (χ0) is 38.9. The fourth-order valence-electron chi connectivity index (χ4n) is 9.84. The normalized spacial score (nSPS) is 13.2. The molecule has 0 aliphatic carbocycles. The van der Waals surface area contributed by atoms with Gasteiger partial charge in [0, 0.05) is 43.7 Å². The molecule has 9 aromatic carbocycles. The average molecular weight is 753 g/mol. The summed E-state index contributed by atoms with van der Waals surface area (Å²) in [7, 11) is 0. The van der Waals surface area contributed by atoms with Crippen LogP contribution in [0.25, 0.3) is 66.0 Å². The number of pyridine rings is 1. The van der Waals surface area contributed by atoms with Crippen molar-refractivity contribution in [2.45, 2.75) is 5.41 Å². The van der Waals surface area contributed by atoms with Crippen LogP contribution in [0.1, 0.15) is 22.3 Å². The van der Waals surface area contributed by atoms with Gasteiger partial charge in [0.1, 0.15) is 11.2 Å². The molecular weight excluding hydrogens is 717 g/mol. The maximum atomic E-state index is 7.02. The Hall–Kier alpha value is -7.75. The third-order valence-electron chi connectivity index (χ3n) is 12.3. The fraction of sp³-hybridized carbons (Fsp3) is 0.0179. The Balaban J connectivity index is 1.25. The molecule has 0 bridgehead atoms. The van der Waals surface area contributed by atoms with E-state index in [-0.39, 0.29) is 0 Å². The lowest BCUT2D eigenvalue weighted by molar-refractivity contribution is 0.670. The second-order valence-corrected chi connectivity index (χ2v) is 15.4. The minimum absolute atomic E-state index is 0.646. The van der Waals surface area contributed by atoms with Crippen molar-refractivity contribution in [3.8, 4) is 22.4 Å². The first-order chi connectivity index (χ1) is 29.3. The monoisotopic (exact) mass is 752 g/mol. The van der Waals surface area contributed by atoms with Crippen LogP contribution in [-0.4, -0.2) is 4.98 Å². The lowest BCUT2D eigenvalue weighted by atomic mass is 9.62. The molecule has 0 N–H and O–H groups in total. The van der Waals surface area contributed by atoms with E-state index in [9.17, 15) is 0 Å². The van der Waals surface area contributed by atoms with Crippen LogP contribution in [-0.2, 0) is 5.41 Å². The predicted octanol–water partition coefficient (Wildman–Crippen LogP) is 14.8. The summed E-state index contributed by atoms with van der Waals surface area (Å²) in [6.07, 6.45) is 0. The Labute approximate surface area is 342 Å². The molecule has 276 valence electrons. The van der Waals surface area contributed by atoms with Crippen LogP contribution in [0.4, 0.5) is 17.1 Å². The minimum Gasteiger partial charge on any atom is -0.455 e. The van der Waals surface area contributed by atoms with Gasteiger partial charge in [-0.05, 0) is 76.3 Å². The Bertz CT molecular complexity index is 3330. The number of fused-ring (bicyclic) bond motifs is 9. The first-order valence-electron chi connectivity index (χ1n) is 20.2. The molecule has 0 saturated carbocycles. The number of aromatic nitrogens is 1. The molecule has 0 unspecified atom stereocenters. The average Bonchev–Trinajstić information content (AvgIpc) is 3.71. The maximum Gasteiger partial charge on any atom is 0.143 e. The molecule has 1 aliphatic heterocycles. The molecular formula is C56H36N2O. The summed E-state index contributed by atoms with van der Waals surface area (Å²) in [6, 6.07) is 78.6. The second kappa shape index (κ2) is 13.2. The molecule has 59 heavy (non-hydrogen) atoms. The smallest absolute Gasteiger partial charge is 0.143 e. The molecule has 3 heteroatoms. The largest absolute Gasteiger partial charge is 0.455 e. The number of anilines is 3. The number of para-hydroxylation sites is 4. The molecule has 0 amide bonds. The lowest BCUT2D eigenvalue weighted by Crippen LogP contribution is -2.37. The molecule has 1 aliphatic rings. The van der Waals surface area contributed by atoms with E-state index in [0.717, 1.165) is 83.1 Å². The van der Waals surface area contributed by atoms with Crippen LogP contribution >= 0.6 is 0 Å². The van der Waals surface area contributed by atoms with Gasteiger partial charge in [-0.25, -0.2) is 4.98 Å². The van der Waals surface area contributed by atoms with Crippen LogP contribution in [0.3, 0.4) is 0 Å². The topological polar surface area (TPSA) is 29.3 Å². The van der Waals surface area contributed by atoms with Crippen molar-refractivity contribution in [3.63, 3.8) is 0 Å². The number of furan rings is 1. The first-order valence-corrected chi connectivity index (χ1v) is 20.2. The van der Waals surface area contributed by atoms with Crippen molar-refractivity contribution in [2.24, 2.45) is 0 Å². The van der Waals surface area contributed by atoms with Gasteiger partial charge in [-0.3, -0.25) is 0 Å². The Morgan fingerprint density at radius 3 is 1.76 bits per heavy atom. The van der Waals surface area contributed by atoms with E-state index >= 15 is 0 Å². The van der Waals surface area contributed by atoms with Gasteiger partial charge < -0.3 is 9.32 Å². The summed E-state index contributed by atoms with van der Waals surface area (Å²) in [6.45, 7) is 0. The summed E-state index contributed by atoms with van der Waals surface area (Å²) < 4.78 is 7.02.